The highest BCUT2D eigenvalue weighted by atomic mass is 127. The molecule has 3 nitrogen and oxygen atoms in total. The van der Waals surface area contributed by atoms with Gasteiger partial charge in [-0.25, -0.2) is 0 Å². The van der Waals surface area contributed by atoms with Crippen molar-refractivity contribution in [3.8, 4) is 0 Å². The first-order valence-corrected chi connectivity index (χ1v) is 6.76. The molecule has 0 radical (unpaired) electrons. The van der Waals surface area contributed by atoms with E-state index in [1.54, 1.807) is 0 Å². The maximum atomic E-state index is 11.5. The van der Waals surface area contributed by atoms with E-state index < -0.39 is 5.60 Å². The highest BCUT2D eigenvalue weighted by molar-refractivity contribution is 14.1. The number of carbonyl (C=O) groups excluding carboxylic acids is 1. The van der Waals surface area contributed by atoms with Crippen molar-refractivity contribution in [3.63, 3.8) is 0 Å². The molecule has 0 aliphatic heterocycles. The number of halogens is 1. The first-order chi connectivity index (χ1) is 6.94. The third-order valence-electron chi connectivity index (χ3n) is 2.81. The van der Waals surface area contributed by atoms with Crippen molar-refractivity contribution in [2.75, 3.05) is 0 Å². The molecule has 0 aromatic carbocycles. The average Bonchev–Trinajstić information content (AvgIpc) is 2.14. The van der Waals surface area contributed by atoms with Crippen molar-refractivity contribution in [2.24, 2.45) is 0 Å². The van der Waals surface area contributed by atoms with Crippen LogP contribution in [0.3, 0.4) is 0 Å². The SMILES string of the molecule is CCC(I)C(=O)OC1CCCC(C)(O)C1. The first kappa shape index (κ1) is 13.2. The van der Waals surface area contributed by atoms with E-state index in [0.717, 1.165) is 25.7 Å². The highest BCUT2D eigenvalue weighted by Crippen LogP contribution is 2.30. The Morgan fingerprint density at radius 2 is 2.40 bits per heavy atom. The summed E-state index contributed by atoms with van der Waals surface area (Å²) in [5.74, 6) is -0.138. The number of alkyl halides is 1. The van der Waals surface area contributed by atoms with Gasteiger partial charge < -0.3 is 9.84 Å². The van der Waals surface area contributed by atoms with Gasteiger partial charge in [-0.05, 0) is 32.6 Å². The Morgan fingerprint density at radius 1 is 1.73 bits per heavy atom. The van der Waals surface area contributed by atoms with Crippen LogP contribution in [0, 0.1) is 0 Å². The van der Waals surface area contributed by atoms with Crippen LogP contribution in [0.25, 0.3) is 0 Å². The van der Waals surface area contributed by atoms with Crippen LogP contribution in [-0.4, -0.2) is 26.7 Å². The summed E-state index contributed by atoms with van der Waals surface area (Å²) in [5.41, 5.74) is -0.657. The van der Waals surface area contributed by atoms with E-state index in [2.05, 4.69) is 22.6 Å². The van der Waals surface area contributed by atoms with Crippen LogP contribution in [0.4, 0.5) is 0 Å². The maximum Gasteiger partial charge on any atom is 0.319 e. The van der Waals surface area contributed by atoms with Crippen LogP contribution in [-0.2, 0) is 9.53 Å². The standard InChI is InChI=1S/C11H19IO3/c1-3-9(12)10(13)15-8-5-4-6-11(2,14)7-8/h8-9,14H,3-7H2,1-2H3. The summed E-state index contributed by atoms with van der Waals surface area (Å²) in [6.45, 7) is 3.78. The number of aliphatic hydroxyl groups is 1. The fourth-order valence-corrected chi connectivity index (χ4v) is 2.06. The third-order valence-corrected chi connectivity index (χ3v) is 4.20. The predicted octanol–water partition coefficient (Wildman–Crippen LogP) is 2.44. The second kappa shape index (κ2) is 5.48. The largest absolute Gasteiger partial charge is 0.461 e. The van der Waals surface area contributed by atoms with Gasteiger partial charge in [0.15, 0.2) is 0 Å². The summed E-state index contributed by atoms with van der Waals surface area (Å²) in [6.07, 6.45) is 3.90. The molecule has 0 amide bonds. The molecular formula is C11H19IO3. The van der Waals surface area contributed by atoms with Gasteiger partial charge in [0.25, 0.3) is 0 Å². The minimum atomic E-state index is -0.657. The molecule has 1 N–H and O–H groups in total. The summed E-state index contributed by atoms with van der Waals surface area (Å²) < 4.78 is 5.31. The summed E-state index contributed by atoms with van der Waals surface area (Å²) in [5, 5.41) is 9.86. The van der Waals surface area contributed by atoms with Crippen molar-refractivity contribution in [1.82, 2.24) is 0 Å². The Morgan fingerprint density at radius 3 is 2.93 bits per heavy atom. The van der Waals surface area contributed by atoms with Crippen molar-refractivity contribution < 1.29 is 14.6 Å². The molecule has 1 saturated carbocycles. The third kappa shape index (κ3) is 4.26. The van der Waals surface area contributed by atoms with Crippen LogP contribution in [0.2, 0.25) is 0 Å². The predicted molar refractivity (Wildman–Crippen MR) is 67.1 cm³/mol. The number of hydrogen-bond donors (Lipinski definition) is 1. The molecule has 88 valence electrons. The molecule has 0 aromatic rings. The van der Waals surface area contributed by atoms with Gasteiger partial charge in [-0.15, -0.1) is 0 Å². The summed E-state index contributed by atoms with van der Waals surface area (Å²) in [7, 11) is 0. The molecule has 0 heterocycles. The fourth-order valence-electron chi connectivity index (χ4n) is 1.91. The number of hydrogen-bond acceptors (Lipinski definition) is 3. The molecule has 0 spiro atoms. The van der Waals surface area contributed by atoms with E-state index in [4.69, 9.17) is 4.74 Å². The van der Waals surface area contributed by atoms with Gasteiger partial charge >= 0.3 is 5.97 Å². The second-order valence-electron chi connectivity index (χ2n) is 4.53. The molecule has 1 rings (SSSR count). The Bertz CT molecular complexity index is 228. The quantitative estimate of drug-likeness (QED) is 0.492. The van der Waals surface area contributed by atoms with Gasteiger partial charge in [-0.2, -0.15) is 0 Å². The first-order valence-electron chi connectivity index (χ1n) is 5.51. The lowest BCUT2D eigenvalue weighted by Gasteiger charge is -2.33. The lowest BCUT2D eigenvalue weighted by Crippen LogP contribution is -2.37. The van der Waals surface area contributed by atoms with E-state index in [9.17, 15) is 9.90 Å². The molecule has 1 aliphatic carbocycles. The number of ether oxygens (including phenoxy) is 1. The van der Waals surface area contributed by atoms with Crippen molar-refractivity contribution in [2.45, 2.75) is 61.6 Å². The number of carbonyl (C=O) groups is 1. The minimum absolute atomic E-state index is 0.0607. The van der Waals surface area contributed by atoms with Crippen LogP contribution in [0.15, 0.2) is 0 Å². The van der Waals surface area contributed by atoms with E-state index >= 15 is 0 Å². The molecule has 0 saturated heterocycles. The Balaban J connectivity index is 2.41. The lowest BCUT2D eigenvalue weighted by molar-refractivity contribution is -0.153. The highest BCUT2D eigenvalue weighted by Gasteiger charge is 2.32. The van der Waals surface area contributed by atoms with Crippen LogP contribution in [0.5, 0.6) is 0 Å². The molecular weight excluding hydrogens is 307 g/mol. The fraction of sp³-hybridized carbons (Fsp3) is 0.909. The van der Waals surface area contributed by atoms with E-state index in [1.165, 1.54) is 0 Å². The molecule has 1 fully saturated rings. The Labute approximate surface area is 105 Å². The molecule has 3 unspecified atom stereocenters. The van der Waals surface area contributed by atoms with Gasteiger partial charge in [0.05, 0.1) is 5.60 Å². The average molecular weight is 326 g/mol. The normalized spacial score (nSPS) is 33.5. The van der Waals surface area contributed by atoms with Gasteiger partial charge in [-0.1, -0.05) is 29.5 Å². The van der Waals surface area contributed by atoms with Crippen molar-refractivity contribution >= 4 is 28.6 Å². The van der Waals surface area contributed by atoms with Crippen LogP contribution >= 0.6 is 22.6 Å². The number of rotatable bonds is 3. The molecule has 4 heteroatoms. The van der Waals surface area contributed by atoms with Gasteiger partial charge in [-0.3, -0.25) is 4.79 Å². The summed E-state index contributed by atoms with van der Waals surface area (Å²) in [4.78, 5) is 11.5. The van der Waals surface area contributed by atoms with E-state index in [1.807, 2.05) is 13.8 Å². The lowest BCUT2D eigenvalue weighted by atomic mass is 9.85. The van der Waals surface area contributed by atoms with Crippen molar-refractivity contribution in [1.29, 1.82) is 0 Å². The monoisotopic (exact) mass is 326 g/mol. The summed E-state index contributed by atoms with van der Waals surface area (Å²) in [6, 6.07) is 0. The van der Waals surface area contributed by atoms with Crippen LogP contribution < -0.4 is 0 Å². The molecule has 0 aromatic heterocycles. The minimum Gasteiger partial charge on any atom is -0.461 e. The van der Waals surface area contributed by atoms with E-state index in [-0.39, 0.29) is 16.0 Å². The smallest absolute Gasteiger partial charge is 0.319 e. The molecule has 1 aliphatic rings. The maximum absolute atomic E-state index is 11.5. The van der Waals surface area contributed by atoms with Gasteiger partial charge in [0.1, 0.15) is 10.0 Å². The Hall–Kier alpha value is 0.160. The number of esters is 1. The topological polar surface area (TPSA) is 46.5 Å². The molecule has 3 atom stereocenters. The zero-order chi connectivity index (χ0) is 11.5. The molecule has 0 bridgehead atoms. The Kier molecular flexibility index (Phi) is 4.83. The second-order valence-corrected chi connectivity index (χ2v) is 6.03. The van der Waals surface area contributed by atoms with Gasteiger partial charge in [0.2, 0.25) is 0 Å². The zero-order valence-electron chi connectivity index (χ0n) is 9.33. The summed E-state index contributed by atoms with van der Waals surface area (Å²) >= 11 is 2.10. The molecule has 15 heavy (non-hydrogen) atoms. The van der Waals surface area contributed by atoms with Crippen LogP contribution in [0.1, 0.15) is 46.0 Å². The van der Waals surface area contributed by atoms with Crippen molar-refractivity contribution in [3.05, 3.63) is 0 Å². The van der Waals surface area contributed by atoms with Gasteiger partial charge in [0, 0.05) is 6.42 Å². The van der Waals surface area contributed by atoms with E-state index in [0.29, 0.717) is 6.42 Å². The zero-order valence-corrected chi connectivity index (χ0v) is 11.5.